The van der Waals surface area contributed by atoms with E-state index in [1.54, 1.807) is 0 Å². The molecule has 4 N–H and O–H groups in total. The maximum absolute atomic E-state index is 6.38. The van der Waals surface area contributed by atoms with Gasteiger partial charge >= 0.3 is 0 Å². The van der Waals surface area contributed by atoms with Gasteiger partial charge in [-0.15, -0.1) is 12.4 Å². The van der Waals surface area contributed by atoms with Crippen molar-refractivity contribution in [3.05, 3.63) is 33.4 Å². The molecule has 0 fully saturated rings. The summed E-state index contributed by atoms with van der Waals surface area (Å²) in [7, 11) is 0. The minimum atomic E-state index is 0. The van der Waals surface area contributed by atoms with E-state index in [0.717, 1.165) is 25.8 Å². The Bertz CT molecular complexity index is 398. The van der Waals surface area contributed by atoms with Crippen LogP contribution in [0.15, 0.2) is 0 Å². The molecule has 1 aromatic rings. The number of hydrogen-bond acceptors (Lipinski definition) is 2. The van der Waals surface area contributed by atoms with Crippen molar-refractivity contribution >= 4 is 12.4 Å². The molecule has 0 radical (unpaired) electrons. The van der Waals surface area contributed by atoms with Gasteiger partial charge in [-0.05, 0) is 87.4 Å². The summed E-state index contributed by atoms with van der Waals surface area (Å²) in [4.78, 5) is 0. The molecule has 1 atom stereocenters. The van der Waals surface area contributed by atoms with Gasteiger partial charge in [0, 0.05) is 6.04 Å². The lowest BCUT2D eigenvalue weighted by Gasteiger charge is -2.23. The first-order valence-electron chi connectivity index (χ1n) is 6.94. The van der Waals surface area contributed by atoms with Crippen LogP contribution in [0.5, 0.6) is 0 Å². The number of nitrogens with two attached hydrogens (primary N) is 2. The van der Waals surface area contributed by atoms with Crippen LogP contribution < -0.4 is 11.5 Å². The smallest absolute Gasteiger partial charge is 0.0300 e. The average Bonchev–Trinajstić information content (AvgIpc) is 2.34. The van der Waals surface area contributed by atoms with Crippen LogP contribution in [0.25, 0.3) is 0 Å². The van der Waals surface area contributed by atoms with Gasteiger partial charge in [-0.2, -0.15) is 0 Å². The third-order valence-corrected chi connectivity index (χ3v) is 4.40. The summed E-state index contributed by atoms with van der Waals surface area (Å²) < 4.78 is 0. The van der Waals surface area contributed by atoms with E-state index in [4.69, 9.17) is 11.5 Å². The van der Waals surface area contributed by atoms with Gasteiger partial charge < -0.3 is 11.5 Å². The summed E-state index contributed by atoms with van der Waals surface area (Å²) in [6.45, 7) is 11.8. The SMILES string of the molecule is Cc1c(C)c(C)c([C@@H](N)CCCCN)c(C)c1C.Cl. The second-order valence-corrected chi connectivity index (χ2v) is 5.43. The highest BCUT2D eigenvalue weighted by molar-refractivity contribution is 5.85. The minimum Gasteiger partial charge on any atom is -0.330 e. The highest BCUT2D eigenvalue weighted by Gasteiger charge is 2.17. The van der Waals surface area contributed by atoms with Crippen molar-refractivity contribution in [3.63, 3.8) is 0 Å². The van der Waals surface area contributed by atoms with Gasteiger partial charge in [0.2, 0.25) is 0 Å². The summed E-state index contributed by atoms with van der Waals surface area (Å²) in [5, 5.41) is 0. The molecule has 19 heavy (non-hydrogen) atoms. The molecule has 110 valence electrons. The lowest BCUT2D eigenvalue weighted by atomic mass is 9.85. The van der Waals surface area contributed by atoms with Crippen LogP contribution in [-0.2, 0) is 0 Å². The van der Waals surface area contributed by atoms with Gasteiger partial charge in [-0.1, -0.05) is 6.42 Å². The molecular formula is C16H29ClN2. The first kappa shape index (κ1) is 18.4. The average molecular weight is 285 g/mol. The van der Waals surface area contributed by atoms with E-state index < -0.39 is 0 Å². The van der Waals surface area contributed by atoms with Gasteiger partial charge in [0.05, 0.1) is 0 Å². The predicted molar refractivity (Wildman–Crippen MR) is 87.2 cm³/mol. The first-order valence-corrected chi connectivity index (χ1v) is 6.94. The molecule has 3 heteroatoms. The zero-order chi connectivity index (χ0) is 13.9. The number of unbranched alkanes of at least 4 members (excludes halogenated alkanes) is 1. The van der Waals surface area contributed by atoms with Crippen molar-refractivity contribution < 1.29 is 0 Å². The van der Waals surface area contributed by atoms with Crippen molar-refractivity contribution in [2.45, 2.75) is 59.9 Å². The van der Waals surface area contributed by atoms with Crippen molar-refractivity contribution in [2.75, 3.05) is 6.54 Å². The van der Waals surface area contributed by atoms with E-state index in [2.05, 4.69) is 34.6 Å². The number of hydrogen-bond donors (Lipinski definition) is 2. The van der Waals surface area contributed by atoms with Gasteiger partial charge in [0.25, 0.3) is 0 Å². The fraction of sp³-hybridized carbons (Fsp3) is 0.625. The summed E-state index contributed by atoms with van der Waals surface area (Å²) >= 11 is 0. The van der Waals surface area contributed by atoms with Crippen LogP contribution in [0.1, 0.15) is 58.7 Å². The predicted octanol–water partition coefficient (Wildman–Crippen LogP) is 3.78. The number of benzene rings is 1. The van der Waals surface area contributed by atoms with E-state index in [-0.39, 0.29) is 18.4 Å². The van der Waals surface area contributed by atoms with E-state index in [9.17, 15) is 0 Å². The molecule has 1 aromatic carbocycles. The van der Waals surface area contributed by atoms with E-state index in [1.807, 2.05) is 0 Å². The van der Waals surface area contributed by atoms with Crippen molar-refractivity contribution in [1.82, 2.24) is 0 Å². The lowest BCUT2D eigenvalue weighted by Crippen LogP contribution is -2.16. The highest BCUT2D eigenvalue weighted by atomic mass is 35.5. The first-order chi connectivity index (χ1) is 8.41. The Labute approximate surface area is 124 Å². The number of rotatable bonds is 5. The summed E-state index contributed by atoms with van der Waals surface area (Å²) in [5.74, 6) is 0. The molecule has 0 amide bonds. The van der Waals surface area contributed by atoms with Gasteiger partial charge in [-0.25, -0.2) is 0 Å². The Balaban J connectivity index is 0.00000324. The molecule has 0 heterocycles. The monoisotopic (exact) mass is 284 g/mol. The third-order valence-electron chi connectivity index (χ3n) is 4.40. The molecule has 0 saturated heterocycles. The molecule has 0 bridgehead atoms. The maximum Gasteiger partial charge on any atom is 0.0300 e. The molecule has 0 aliphatic carbocycles. The van der Waals surface area contributed by atoms with Gasteiger partial charge in [0.15, 0.2) is 0 Å². The van der Waals surface area contributed by atoms with Gasteiger partial charge in [0.1, 0.15) is 0 Å². The van der Waals surface area contributed by atoms with Crippen LogP contribution in [0.4, 0.5) is 0 Å². The van der Waals surface area contributed by atoms with Crippen LogP contribution in [0.2, 0.25) is 0 Å². The molecule has 0 unspecified atom stereocenters. The third kappa shape index (κ3) is 3.95. The van der Waals surface area contributed by atoms with Crippen LogP contribution >= 0.6 is 12.4 Å². The van der Waals surface area contributed by atoms with Crippen LogP contribution in [0.3, 0.4) is 0 Å². The van der Waals surface area contributed by atoms with Gasteiger partial charge in [-0.3, -0.25) is 0 Å². The Morgan fingerprint density at radius 1 is 0.789 bits per heavy atom. The van der Waals surface area contributed by atoms with E-state index >= 15 is 0 Å². The Hall–Kier alpha value is -0.570. The Morgan fingerprint density at radius 2 is 1.21 bits per heavy atom. The maximum atomic E-state index is 6.38. The fourth-order valence-electron chi connectivity index (χ4n) is 2.74. The molecule has 2 nitrogen and oxygen atoms in total. The standard InChI is InChI=1S/C16H28N2.ClH/c1-10-11(2)13(4)16(14(5)12(10)3)15(18)8-6-7-9-17;/h15H,6-9,17-18H2,1-5H3;1H/t15-;/m0./s1. The minimum absolute atomic E-state index is 0. The molecule has 0 spiro atoms. The van der Waals surface area contributed by atoms with E-state index in [1.165, 1.54) is 33.4 Å². The molecule has 0 saturated carbocycles. The summed E-state index contributed by atoms with van der Waals surface area (Å²) in [6.07, 6.45) is 3.21. The number of halogens is 1. The Morgan fingerprint density at radius 3 is 1.63 bits per heavy atom. The van der Waals surface area contributed by atoms with Crippen molar-refractivity contribution in [3.8, 4) is 0 Å². The lowest BCUT2D eigenvalue weighted by molar-refractivity contribution is 0.585. The van der Waals surface area contributed by atoms with Crippen LogP contribution in [0, 0.1) is 34.6 Å². The topological polar surface area (TPSA) is 52.0 Å². The quantitative estimate of drug-likeness (QED) is 0.809. The zero-order valence-electron chi connectivity index (χ0n) is 13.0. The second-order valence-electron chi connectivity index (χ2n) is 5.43. The largest absolute Gasteiger partial charge is 0.330 e. The van der Waals surface area contributed by atoms with Crippen LogP contribution in [-0.4, -0.2) is 6.54 Å². The molecule has 1 rings (SSSR count). The molecular weight excluding hydrogens is 256 g/mol. The molecule has 0 aliphatic rings. The summed E-state index contributed by atoms with van der Waals surface area (Å²) in [6, 6.07) is 0.148. The fourth-order valence-corrected chi connectivity index (χ4v) is 2.74. The highest BCUT2D eigenvalue weighted by Crippen LogP contribution is 2.31. The normalized spacial score (nSPS) is 12.2. The zero-order valence-corrected chi connectivity index (χ0v) is 13.8. The van der Waals surface area contributed by atoms with Crippen molar-refractivity contribution in [2.24, 2.45) is 11.5 Å². The second kappa shape index (κ2) is 7.88. The Kier molecular flexibility index (Phi) is 7.65. The molecule has 0 aromatic heterocycles. The molecule has 0 aliphatic heterocycles. The van der Waals surface area contributed by atoms with Crippen molar-refractivity contribution in [1.29, 1.82) is 0 Å². The summed E-state index contributed by atoms with van der Waals surface area (Å²) in [5.41, 5.74) is 20.2. The van der Waals surface area contributed by atoms with E-state index in [0.29, 0.717) is 0 Å².